The van der Waals surface area contributed by atoms with Gasteiger partial charge < -0.3 is 19.3 Å². The quantitative estimate of drug-likeness (QED) is 0.543. The van der Waals surface area contributed by atoms with E-state index in [-0.39, 0.29) is 35.6 Å². The maximum atomic E-state index is 12.8. The first-order valence-corrected chi connectivity index (χ1v) is 11.7. The minimum Gasteiger partial charge on any atom is -0.508 e. The normalized spacial score (nSPS) is 17.4. The number of nitrogens with zero attached hydrogens (tertiary/aromatic N) is 2. The average molecular weight is 461 g/mol. The summed E-state index contributed by atoms with van der Waals surface area (Å²) >= 11 is 0. The molecule has 1 amide bonds. The van der Waals surface area contributed by atoms with Gasteiger partial charge in [-0.05, 0) is 55.5 Å². The summed E-state index contributed by atoms with van der Waals surface area (Å²) in [6.45, 7) is 3.00. The molecule has 0 unspecified atom stereocenters. The maximum absolute atomic E-state index is 12.8. The van der Waals surface area contributed by atoms with E-state index < -0.39 is 0 Å². The SMILES string of the molecule is CC(=O)N1CCC(C(=O)OCC2(c3onc(-c4ccc(O)cc4)c3-c3ccccc3)CC2)CC1. The number of phenols is 1. The van der Waals surface area contributed by atoms with Crippen LogP contribution in [0.4, 0.5) is 0 Å². The molecule has 0 radical (unpaired) electrons. The van der Waals surface area contributed by atoms with Crippen molar-refractivity contribution < 1.29 is 24.0 Å². The molecular weight excluding hydrogens is 432 g/mol. The number of hydrogen-bond acceptors (Lipinski definition) is 6. The Kier molecular flexibility index (Phi) is 5.86. The molecule has 176 valence electrons. The minimum absolute atomic E-state index is 0.0481. The molecule has 3 aromatic rings. The number of carbonyl (C=O) groups excluding carboxylic acids is 2. The number of aromatic hydroxyl groups is 1. The summed E-state index contributed by atoms with van der Waals surface area (Å²) in [5.41, 5.74) is 3.04. The van der Waals surface area contributed by atoms with Crippen LogP contribution >= 0.6 is 0 Å². The van der Waals surface area contributed by atoms with E-state index >= 15 is 0 Å². The summed E-state index contributed by atoms with van der Waals surface area (Å²) in [4.78, 5) is 26.1. The van der Waals surface area contributed by atoms with Crippen molar-refractivity contribution in [3.05, 3.63) is 60.4 Å². The molecule has 1 saturated heterocycles. The Hall–Kier alpha value is -3.61. The smallest absolute Gasteiger partial charge is 0.309 e. The number of esters is 1. The van der Waals surface area contributed by atoms with Crippen LogP contribution in [0.15, 0.2) is 59.1 Å². The van der Waals surface area contributed by atoms with Gasteiger partial charge in [-0.3, -0.25) is 9.59 Å². The third-order valence-electron chi connectivity index (χ3n) is 6.99. The average Bonchev–Trinajstić information content (AvgIpc) is 3.52. The van der Waals surface area contributed by atoms with Crippen LogP contribution in [0.3, 0.4) is 0 Å². The lowest BCUT2D eigenvalue weighted by molar-refractivity contribution is -0.152. The second-order valence-corrected chi connectivity index (χ2v) is 9.32. The first-order chi connectivity index (χ1) is 16.5. The standard InChI is InChI=1S/C27H28N2O5/c1-18(30)29-15-11-21(12-16-29)26(32)33-17-27(13-14-27)25-23(19-5-3-2-4-6-19)24(28-34-25)20-7-9-22(31)10-8-20/h2-10,21,31H,11-17H2,1H3. The van der Waals surface area contributed by atoms with E-state index in [0.29, 0.717) is 31.6 Å². The molecule has 1 aliphatic carbocycles. The molecule has 0 bridgehead atoms. The molecule has 5 rings (SSSR count). The van der Waals surface area contributed by atoms with E-state index in [0.717, 1.165) is 35.3 Å². The Morgan fingerprint density at radius 3 is 2.35 bits per heavy atom. The fourth-order valence-corrected chi connectivity index (χ4v) is 4.69. The van der Waals surface area contributed by atoms with E-state index in [1.54, 1.807) is 24.0 Å². The van der Waals surface area contributed by atoms with Gasteiger partial charge in [0.25, 0.3) is 0 Å². The molecule has 2 heterocycles. The maximum Gasteiger partial charge on any atom is 0.309 e. The zero-order valence-electron chi connectivity index (χ0n) is 19.2. The topological polar surface area (TPSA) is 92.9 Å². The Bertz CT molecular complexity index is 1170. The van der Waals surface area contributed by atoms with E-state index in [4.69, 9.17) is 9.26 Å². The Labute approximate surface area is 198 Å². The van der Waals surface area contributed by atoms with Gasteiger partial charge in [-0.15, -0.1) is 0 Å². The van der Waals surface area contributed by atoms with Crippen molar-refractivity contribution >= 4 is 11.9 Å². The Morgan fingerprint density at radius 2 is 1.74 bits per heavy atom. The van der Waals surface area contributed by atoms with Gasteiger partial charge in [0.1, 0.15) is 18.1 Å². The van der Waals surface area contributed by atoms with Gasteiger partial charge in [-0.1, -0.05) is 35.5 Å². The molecule has 2 fully saturated rings. The van der Waals surface area contributed by atoms with Crippen molar-refractivity contribution in [2.45, 2.75) is 38.0 Å². The van der Waals surface area contributed by atoms with Crippen molar-refractivity contribution in [2.24, 2.45) is 5.92 Å². The number of likely N-dealkylation sites (tertiary alicyclic amines) is 1. The highest BCUT2D eigenvalue weighted by atomic mass is 16.5. The van der Waals surface area contributed by atoms with E-state index in [1.807, 2.05) is 42.5 Å². The third kappa shape index (κ3) is 4.30. The lowest BCUT2D eigenvalue weighted by atomic mass is 9.92. The Morgan fingerprint density at radius 1 is 1.06 bits per heavy atom. The molecule has 2 aliphatic rings. The molecule has 34 heavy (non-hydrogen) atoms. The summed E-state index contributed by atoms with van der Waals surface area (Å²) in [5.74, 6) is 0.595. The first kappa shape index (κ1) is 22.2. The van der Waals surface area contributed by atoms with Crippen molar-refractivity contribution in [2.75, 3.05) is 19.7 Å². The zero-order chi connectivity index (χ0) is 23.7. The summed E-state index contributed by atoms with van der Waals surface area (Å²) in [5, 5.41) is 14.1. The van der Waals surface area contributed by atoms with Crippen LogP contribution in [0.2, 0.25) is 0 Å². The number of hydrogen-bond donors (Lipinski definition) is 1. The largest absolute Gasteiger partial charge is 0.508 e. The van der Waals surface area contributed by atoms with Crippen molar-refractivity contribution in [3.63, 3.8) is 0 Å². The highest BCUT2D eigenvalue weighted by Crippen LogP contribution is 2.53. The van der Waals surface area contributed by atoms with Crippen LogP contribution in [-0.2, 0) is 19.7 Å². The molecule has 0 atom stereocenters. The monoisotopic (exact) mass is 460 g/mol. The predicted octanol–water partition coefficient (Wildman–Crippen LogP) is 4.55. The number of carbonyl (C=O) groups is 2. The van der Waals surface area contributed by atoms with Gasteiger partial charge in [0.05, 0.1) is 16.9 Å². The van der Waals surface area contributed by atoms with Crippen LogP contribution in [0.25, 0.3) is 22.4 Å². The summed E-state index contributed by atoms with van der Waals surface area (Å²) in [6, 6.07) is 16.8. The number of ether oxygens (including phenoxy) is 1. The molecule has 2 aromatic carbocycles. The van der Waals surface area contributed by atoms with E-state index in [1.165, 1.54) is 0 Å². The van der Waals surface area contributed by atoms with Gasteiger partial charge in [-0.25, -0.2) is 0 Å². The number of phenolic OH excluding ortho intramolecular Hbond substituents is 1. The first-order valence-electron chi connectivity index (χ1n) is 11.7. The molecule has 0 spiro atoms. The van der Waals surface area contributed by atoms with Gasteiger partial charge in [0.2, 0.25) is 5.91 Å². The number of rotatable bonds is 6. The van der Waals surface area contributed by atoms with Gasteiger partial charge >= 0.3 is 5.97 Å². The molecule has 1 saturated carbocycles. The van der Waals surface area contributed by atoms with E-state index in [9.17, 15) is 14.7 Å². The van der Waals surface area contributed by atoms with Gasteiger partial charge in [0.15, 0.2) is 5.76 Å². The van der Waals surface area contributed by atoms with E-state index in [2.05, 4.69) is 5.16 Å². The predicted molar refractivity (Wildman–Crippen MR) is 126 cm³/mol. The van der Waals surface area contributed by atoms with Gasteiger partial charge in [-0.2, -0.15) is 0 Å². The minimum atomic E-state index is -0.386. The summed E-state index contributed by atoms with van der Waals surface area (Å²) in [6.07, 6.45) is 2.97. The molecule has 7 nitrogen and oxygen atoms in total. The van der Waals surface area contributed by atoms with Gasteiger partial charge in [0, 0.05) is 25.6 Å². The summed E-state index contributed by atoms with van der Waals surface area (Å²) < 4.78 is 11.7. The van der Waals surface area contributed by atoms with Crippen LogP contribution < -0.4 is 0 Å². The molecule has 7 heteroatoms. The second-order valence-electron chi connectivity index (χ2n) is 9.32. The molecule has 1 aliphatic heterocycles. The molecule has 1 N–H and O–H groups in total. The van der Waals surface area contributed by atoms with Crippen LogP contribution in [0.1, 0.15) is 38.4 Å². The fourth-order valence-electron chi connectivity index (χ4n) is 4.69. The van der Waals surface area contributed by atoms with Crippen LogP contribution in [0.5, 0.6) is 5.75 Å². The van der Waals surface area contributed by atoms with Crippen LogP contribution in [0, 0.1) is 5.92 Å². The van der Waals surface area contributed by atoms with Crippen molar-refractivity contribution in [1.29, 1.82) is 0 Å². The Balaban J connectivity index is 1.37. The van der Waals surface area contributed by atoms with Crippen molar-refractivity contribution in [3.8, 4) is 28.1 Å². The van der Waals surface area contributed by atoms with Crippen LogP contribution in [-0.4, -0.2) is 46.7 Å². The highest BCUT2D eigenvalue weighted by Gasteiger charge is 2.51. The highest BCUT2D eigenvalue weighted by molar-refractivity contribution is 5.83. The fraction of sp³-hybridized carbons (Fsp3) is 0.370. The summed E-state index contributed by atoms with van der Waals surface area (Å²) in [7, 11) is 0. The lowest BCUT2D eigenvalue weighted by Gasteiger charge is -2.30. The molecule has 1 aromatic heterocycles. The number of amides is 1. The molecular formula is C27H28N2O5. The number of aromatic nitrogens is 1. The number of benzene rings is 2. The third-order valence-corrected chi connectivity index (χ3v) is 6.99. The zero-order valence-corrected chi connectivity index (χ0v) is 19.2. The van der Waals surface area contributed by atoms with Crippen molar-refractivity contribution in [1.82, 2.24) is 10.1 Å². The number of piperidine rings is 1. The lowest BCUT2D eigenvalue weighted by Crippen LogP contribution is -2.39. The second kappa shape index (κ2) is 8.97.